The largest absolute Gasteiger partial charge is 0.364 e. The minimum Gasteiger partial charge on any atom is -0.364 e. The summed E-state index contributed by atoms with van der Waals surface area (Å²) in [4.78, 5) is 2.47. The van der Waals surface area contributed by atoms with Crippen LogP contribution in [0.15, 0.2) is 47.2 Å². The Morgan fingerprint density at radius 2 is 2.16 bits per heavy atom. The van der Waals surface area contributed by atoms with Gasteiger partial charge in [0.15, 0.2) is 0 Å². The van der Waals surface area contributed by atoms with Gasteiger partial charge in [0.2, 0.25) is 0 Å². The predicted molar refractivity (Wildman–Crippen MR) is 73.6 cm³/mol. The number of hydrogen-bond acceptors (Lipinski definition) is 4. The molecule has 0 bridgehead atoms. The molecule has 1 aromatic carbocycles. The number of aromatic nitrogens is 1. The molecule has 0 aliphatic carbocycles. The molecule has 1 N–H and O–H groups in total. The van der Waals surface area contributed by atoms with Gasteiger partial charge >= 0.3 is 0 Å². The van der Waals surface area contributed by atoms with Crippen molar-refractivity contribution in [2.75, 3.05) is 13.1 Å². The molecule has 2 heterocycles. The van der Waals surface area contributed by atoms with Crippen LogP contribution in [0, 0.1) is 0 Å². The standard InChI is InChI=1S/C15H19N3O/c1-12-10-18(11-14-7-8-19-17-14)15(9-16-12)13-5-3-2-4-6-13/h2-8,12,15-16H,9-11H2,1H3. The summed E-state index contributed by atoms with van der Waals surface area (Å²) in [6.07, 6.45) is 1.64. The van der Waals surface area contributed by atoms with Gasteiger partial charge in [-0.05, 0) is 12.5 Å². The van der Waals surface area contributed by atoms with E-state index in [0.717, 1.165) is 25.3 Å². The number of hydrogen-bond donors (Lipinski definition) is 1. The summed E-state index contributed by atoms with van der Waals surface area (Å²) in [6.45, 7) is 5.05. The van der Waals surface area contributed by atoms with Crippen LogP contribution in [0.1, 0.15) is 24.2 Å². The van der Waals surface area contributed by atoms with Gasteiger partial charge in [-0.15, -0.1) is 0 Å². The highest BCUT2D eigenvalue weighted by Crippen LogP contribution is 2.24. The second kappa shape index (κ2) is 5.55. The summed E-state index contributed by atoms with van der Waals surface area (Å²) in [5, 5.41) is 7.58. The predicted octanol–water partition coefficient (Wildman–Crippen LogP) is 2.21. The first kappa shape index (κ1) is 12.4. The van der Waals surface area contributed by atoms with Crippen molar-refractivity contribution in [3.05, 3.63) is 53.9 Å². The lowest BCUT2D eigenvalue weighted by atomic mass is 10.0. The molecule has 0 radical (unpaired) electrons. The van der Waals surface area contributed by atoms with E-state index in [1.165, 1.54) is 5.56 Å². The third-order valence-corrected chi connectivity index (χ3v) is 3.65. The Morgan fingerprint density at radius 1 is 1.32 bits per heavy atom. The molecule has 4 nitrogen and oxygen atoms in total. The van der Waals surface area contributed by atoms with Gasteiger partial charge in [-0.2, -0.15) is 0 Å². The Kier molecular flexibility index (Phi) is 3.62. The van der Waals surface area contributed by atoms with Gasteiger partial charge in [-0.1, -0.05) is 35.5 Å². The molecule has 2 atom stereocenters. The molecular formula is C15H19N3O. The maximum atomic E-state index is 4.93. The van der Waals surface area contributed by atoms with Gasteiger partial charge in [0.1, 0.15) is 6.26 Å². The van der Waals surface area contributed by atoms with E-state index in [2.05, 4.69) is 52.6 Å². The second-order valence-electron chi connectivity index (χ2n) is 5.16. The van der Waals surface area contributed by atoms with E-state index in [0.29, 0.717) is 12.1 Å². The Hall–Kier alpha value is -1.65. The summed E-state index contributed by atoms with van der Waals surface area (Å²) in [5.41, 5.74) is 2.35. The Balaban J connectivity index is 1.80. The molecule has 1 saturated heterocycles. The van der Waals surface area contributed by atoms with Crippen LogP contribution in [0.2, 0.25) is 0 Å². The van der Waals surface area contributed by atoms with Crippen molar-refractivity contribution in [3.63, 3.8) is 0 Å². The van der Waals surface area contributed by atoms with E-state index in [-0.39, 0.29) is 0 Å². The summed E-state index contributed by atoms with van der Waals surface area (Å²) in [7, 11) is 0. The lowest BCUT2D eigenvalue weighted by molar-refractivity contribution is 0.124. The van der Waals surface area contributed by atoms with Crippen LogP contribution < -0.4 is 5.32 Å². The molecule has 2 aromatic rings. The first-order chi connectivity index (χ1) is 9.33. The van der Waals surface area contributed by atoms with E-state index in [9.17, 15) is 0 Å². The van der Waals surface area contributed by atoms with Crippen LogP contribution in [-0.2, 0) is 6.54 Å². The zero-order valence-corrected chi connectivity index (χ0v) is 11.1. The zero-order chi connectivity index (χ0) is 13.1. The van der Waals surface area contributed by atoms with E-state index in [1.54, 1.807) is 6.26 Å². The summed E-state index contributed by atoms with van der Waals surface area (Å²) < 4.78 is 4.93. The smallest absolute Gasteiger partial charge is 0.124 e. The molecule has 0 amide bonds. The average molecular weight is 257 g/mol. The summed E-state index contributed by atoms with van der Waals surface area (Å²) in [5.74, 6) is 0. The van der Waals surface area contributed by atoms with Crippen LogP contribution in [0.5, 0.6) is 0 Å². The van der Waals surface area contributed by atoms with Crippen LogP contribution in [0.4, 0.5) is 0 Å². The van der Waals surface area contributed by atoms with E-state index >= 15 is 0 Å². The molecule has 3 rings (SSSR count). The van der Waals surface area contributed by atoms with Crippen LogP contribution in [0.3, 0.4) is 0 Å². The van der Waals surface area contributed by atoms with Crippen molar-refractivity contribution < 1.29 is 4.52 Å². The summed E-state index contributed by atoms with van der Waals surface area (Å²) >= 11 is 0. The fourth-order valence-electron chi connectivity index (χ4n) is 2.69. The Bertz CT molecular complexity index is 497. The molecule has 0 spiro atoms. The quantitative estimate of drug-likeness (QED) is 0.915. The molecule has 0 saturated carbocycles. The van der Waals surface area contributed by atoms with E-state index in [1.807, 2.05) is 6.07 Å². The van der Waals surface area contributed by atoms with Crippen LogP contribution >= 0.6 is 0 Å². The SMILES string of the molecule is CC1CN(Cc2ccon2)C(c2ccccc2)CN1. The van der Waals surface area contributed by atoms with Gasteiger partial charge in [0.25, 0.3) is 0 Å². The Morgan fingerprint density at radius 3 is 2.89 bits per heavy atom. The first-order valence-electron chi connectivity index (χ1n) is 6.74. The van der Waals surface area contributed by atoms with Crippen molar-refractivity contribution in [1.82, 2.24) is 15.4 Å². The third kappa shape index (κ3) is 2.85. The van der Waals surface area contributed by atoms with Crippen molar-refractivity contribution in [2.24, 2.45) is 0 Å². The molecule has 100 valence electrons. The fourth-order valence-corrected chi connectivity index (χ4v) is 2.69. The lowest BCUT2D eigenvalue weighted by Crippen LogP contribution is -2.50. The fraction of sp³-hybridized carbons (Fsp3) is 0.400. The summed E-state index contributed by atoms with van der Waals surface area (Å²) in [6, 6.07) is 13.5. The average Bonchev–Trinajstić information content (AvgIpc) is 2.93. The molecule has 1 aliphatic rings. The molecule has 1 aromatic heterocycles. The highest BCUT2D eigenvalue weighted by atomic mass is 16.5. The number of rotatable bonds is 3. The minimum absolute atomic E-state index is 0.397. The van der Waals surface area contributed by atoms with Gasteiger partial charge in [-0.3, -0.25) is 4.90 Å². The molecule has 19 heavy (non-hydrogen) atoms. The van der Waals surface area contributed by atoms with Crippen molar-refractivity contribution in [2.45, 2.75) is 25.6 Å². The molecule has 2 unspecified atom stereocenters. The zero-order valence-electron chi connectivity index (χ0n) is 11.1. The maximum Gasteiger partial charge on any atom is 0.124 e. The highest BCUT2D eigenvalue weighted by Gasteiger charge is 2.27. The van der Waals surface area contributed by atoms with E-state index < -0.39 is 0 Å². The van der Waals surface area contributed by atoms with Crippen molar-refractivity contribution >= 4 is 0 Å². The monoisotopic (exact) mass is 257 g/mol. The van der Waals surface area contributed by atoms with Crippen molar-refractivity contribution in [3.8, 4) is 0 Å². The number of nitrogens with one attached hydrogen (secondary N) is 1. The molecule has 1 fully saturated rings. The number of nitrogens with zero attached hydrogens (tertiary/aromatic N) is 2. The van der Waals surface area contributed by atoms with Gasteiger partial charge in [0, 0.05) is 37.8 Å². The molecular weight excluding hydrogens is 238 g/mol. The van der Waals surface area contributed by atoms with Crippen LogP contribution in [0.25, 0.3) is 0 Å². The number of benzene rings is 1. The van der Waals surface area contributed by atoms with Gasteiger partial charge in [0.05, 0.1) is 5.69 Å². The third-order valence-electron chi connectivity index (χ3n) is 3.65. The topological polar surface area (TPSA) is 41.3 Å². The lowest BCUT2D eigenvalue weighted by Gasteiger charge is -2.39. The molecule has 1 aliphatic heterocycles. The second-order valence-corrected chi connectivity index (χ2v) is 5.16. The van der Waals surface area contributed by atoms with Gasteiger partial charge < -0.3 is 9.84 Å². The maximum absolute atomic E-state index is 4.93. The normalized spacial score (nSPS) is 24.5. The highest BCUT2D eigenvalue weighted by molar-refractivity contribution is 5.20. The minimum atomic E-state index is 0.397. The Labute approximate surface area is 113 Å². The first-order valence-corrected chi connectivity index (χ1v) is 6.74. The molecule has 4 heteroatoms. The van der Waals surface area contributed by atoms with Gasteiger partial charge in [-0.25, -0.2) is 0 Å². The van der Waals surface area contributed by atoms with E-state index in [4.69, 9.17) is 4.52 Å². The number of piperazine rings is 1. The van der Waals surface area contributed by atoms with Crippen LogP contribution in [-0.4, -0.2) is 29.2 Å². The van der Waals surface area contributed by atoms with Crippen molar-refractivity contribution in [1.29, 1.82) is 0 Å².